The summed E-state index contributed by atoms with van der Waals surface area (Å²) in [6, 6.07) is 15.1. The third-order valence-electron chi connectivity index (χ3n) is 4.42. The van der Waals surface area contributed by atoms with E-state index in [2.05, 4.69) is 20.4 Å². The molecule has 0 saturated carbocycles. The number of nitrogens with one attached hydrogen (secondary N) is 1. The zero-order valence-corrected chi connectivity index (χ0v) is 14.8. The van der Waals surface area contributed by atoms with E-state index in [1.54, 1.807) is 12.3 Å². The molecule has 1 N–H and O–H groups in total. The number of nitrogens with zero attached hydrogens (tertiary/aromatic N) is 3. The summed E-state index contributed by atoms with van der Waals surface area (Å²) in [5.41, 5.74) is 2.09. The predicted octanol–water partition coefficient (Wildman–Crippen LogP) is 2.50. The van der Waals surface area contributed by atoms with Crippen molar-refractivity contribution in [2.45, 2.75) is 6.54 Å². The van der Waals surface area contributed by atoms with Crippen molar-refractivity contribution < 1.29 is 14.1 Å². The normalized spacial score (nSPS) is 14.1. The molecule has 0 bridgehead atoms. The summed E-state index contributed by atoms with van der Waals surface area (Å²) < 4.78 is 10.7. The van der Waals surface area contributed by atoms with Crippen LogP contribution < -0.4 is 10.2 Å². The maximum atomic E-state index is 12.5. The van der Waals surface area contributed by atoms with Crippen molar-refractivity contribution in [1.82, 2.24) is 15.5 Å². The van der Waals surface area contributed by atoms with E-state index in [0.29, 0.717) is 25.5 Å². The first-order chi connectivity index (χ1) is 13.3. The van der Waals surface area contributed by atoms with E-state index in [-0.39, 0.29) is 11.6 Å². The number of carbonyl (C=O) groups excluding carboxylic acids is 1. The highest BCUT2D eigenvalue weighted by molar-refractivity contribution is 5.93. The molecule has 2 aromatic heterocycles. The molecule has 0 aliphatic carbocycles. The highest BCUT2D eigenvalue weighted by Gasteiger charge is 2.18. The van der Waals surface area contributed by atoms with Gasteiger partial charge in [0.1, 0.15) is 5.82 Å². The minimum atomic E-state index is -0.280. The SMILES string of the molecule is O=C(NCc1cccnc1N1CCOCC1)c1cc(-c2ccccc2)on1. The van der Waals surface area contributed by atoms with Crippen molar-refractivity contribution in [3.63, 3.8) is 0 Å². The molecule has 27 heavy (non-hydrogen) atoms. The van der Waals surface area contributed by atoms with E-state index in [1.165, 1.54) is 0 Å². The summed E-state index contributed by atoms with van der Waals surface area (Å²) in [5.74, 6) is 1.17. The van der Waals surface area contributed by atoms with Gasteiger partial charge in [-0.1, -0.05) is 41.6 Å². The zero-order chi connectivity index (χ0) is 18.5. The number of hydrogen-bond donors (Lipinski definition) is 1. The Morgan fingerprint density at radius 2 is 1.93 bits per heavy atom. The quantitative estimate of drug-likeness (QED) is 0.749. The van der Waals surface area contributed by atoms with Crippen molar-refractivity contribution in [3.05, 3.63) is 66.0 Å². The maximum Gasteiger partial charge on any atom is 0.273 e. The van der Waals surface area contributed by atoms with Crippen LogP contribution in [0.4, 0.5) is 5.82 Å². The second-order valence-electron chi connectivity index (χ2n) is 6.21. The van der Waals surface area contributed by atoms with Crippen molar-refractivity contribution in [2.75, 3.05) is 31.2 Å². The van der Waals surface area contributed by atoms with E-state index in [1.807, 2.05) is 42.5 Å². The average Bonchev–Trinajstić information content (AvgIpc) is 3.24. The zero-order valence-electron chi connectivity index (χ0n) is 14.8. The first-order valence-corrected chi connectivity index (χ1v) is 8.88. The van der Waals surface area contributed by atoms with Gasteiger partial charge in [0.15, 0.2) is 11.5 Å². The Morgan fingerprint density at radius 3 is 2.74 bits per heavy atom. The summed E-state index contributed by atoms with van der Waals surface area (Å²) in [6.07, 6.45) is 1.76. The van der Waals surface area contributed by atoms with Crippen LogP contribution in [0, 0.1) is 0 Å². The van der Waals surface area contributed by atoms with Gasteiger partial charge < -0.3 is 19.5 Å². The van der Waals surface area contributed by atoms with Crippen LogP contribution in [0.15, 0.2) is 59.3 Å². The molecule has 3 aromatic rings. The lowest BCUT2D eigenvalue weighted by atomic mass is 10.1. The largest absolute Gasteiger partial charge is 0.378 e. The lowest BCUT2D eigenvalue weighted by Gasteiger charge is -2.29. The van der Waals surface area contributed by atoms with Gasteiger partial charge in [0.05, 0.1) is 13.2 Å². The number of carbonyl (C=O) groups is 1. The van der Waals surface area contributed by atoms with Crippen LogP contribution in [0.3, 0.4) is 0 Å². The van der Waals surface area contributed by atoms with E-state index in [9.17, 15) is 4.79 Å². The van der Waals surface area contributed by atoms with Crippen molar-refractivity contribution in [2.24, 2.45) is 0 Å². The molecule has 1 amide bonds. The maximum absolute atomic E-state index is 12.5. The minimum absolute atomic E-state index is 0.255. The Morgan fingerprint density at radius 1 is 1.11 bits per heavy atom. The summed E-state index contributed by atoms with van der Waals surface area (Å²) in [7, 11) is 0. The average molecular weight is 364 g/mol. The lowest BCUT2D eigenvalue weighted by Crippen LogP contribution is -2.37. The molecule has 138 valence electrons. The van der Waals surface area contributed by atoms with E-state index >= 15 is 0 Å². The number of hydrogen-bond acceptors (Lipinski definition) is 6. The van der Waals surface area contributed by atoms with Crippen LogP contribution in [-0.4, -0.2) is 42.4 Å². The molecule has 1 aliphatic heterocycles. The highest BCUT2D eigenvalue weighted by Crippen LogP contribution is 2.21. The molecule has 1 aliphatic rings. The molecule has 0 atom stereocenters. The summed E-state index contributed by atoms with van der Waals surface area (Å²) in [6.45, 7) is 3.32. The molecule has 1 aromatic carbocycles. The molecule has 0 radical (unpaired) electrons. The molecule has 0 spiro atoms. The molecule has 3 heterocycles. The van der Waals surface area contributed by atoms with Gasteiger partial charge in [-0.25, -0.2) is 4.98 Å². The van der Waals surface area contributed by atoms with Crippen LogP contribution in [0.5, 0.6) is 0 Å². The molecule has 7 nitrogen and oxygen atoms in total. The third-order valence-corrected chi connectivity index (χ3v) is 4.42. The minimum Gasteiger partial charge on any atom is -0.378 e. The number of aromatic nitrogens is 2. The van der Waals surface area contributed by atoms with Gasteiger partial charge in [-0.05, 0) is 6.07 Å². The fourth-order valence-electron chi connectivity index (χ4n) is 3.01. The Kier molecular flexibility index (Phi) is 5.11. The number of benzene rings is 1. The van der Waals surface area contributed by atoms with Crippen molar-refractivity contribution in [1.29, 1.82) is 0 Å². The topological polar surface area (TPSA) is 80.5 Å². The number of anilines is 1. The number of amides is 1. The molecule has 0 unspecified atom stereocenters. The first kappa shape index (κ1) is 17.2. The van der Waals surface area contributed by atoms with Crippen LogP contribution in [-0.2, 0) is 11.3 Å². The third kappa shape index (κ3) is 3.98. The van der Waals surface area contributed by atoms with Crippen LogP contribution in [0.2, 0.25) is 0 Å². The van der Waals surface area contributed by atoms with Gasteiger partial charge in [-0.3, -0.25) is 4.79 Å². The van der Waals surface area contributed by atoms with Crippen LogP contribution in [0.25, 0.3) is 11.3 Å². The first-order valence-electron chi connectivity index (χ1n) is 8.88. The molecule has 4 rings (SSSR count). The monoisotopic (exact) mass is 364 g/mol. The van der Waals surface area contributed by atoms with Gasteiger partial charge in [0.2, 0.25) is 0 Å². The van der Waals surface area contributed by atoms with Gasteiger partial charge in [-0.2, -0.15) is 0 Å². The molecular weight excluding hydrogens is 344 g/mol. The Hall–Kier alpha value is -3.19. The number of rotatable bonds is 5. The van der Waals surface area contributed by atoms with Crippen LogP contribution >= 0.6 is 0 Å². The fourth-order valence-corrected chi connectivity index (χ4v) is 3.01. The Bertz CT molecular complexity index is 904. The van der Waals surface area contributed by atoms with E-state index in [4.69, 9.17) is 9.26 Å². The molecular formula is C20H20N4O3. The van der Waals surface area contributed by atoms with Gasteiger partial charge in [0.25, 0.3) is 5.91 Å². The Balaban J connectivity index is 1.43. The molecule has 1 fully saturated rings. The summed E-state index contributed by atoms with van der Waals surface area (Å²) >= 11 is 0. The Labute approximate surface area is 156 Å². The summed E-state index contributed by atoms with van der Waals surface area (Å²) in [5, 5.41) is 6.79. The summed E-state index contributed by atoms with van der Waals surface area (Å²) in [4.78, 5) is 19.1. The fraction of sp³-hybridized carbons (Fsp3) is 0.250. The molecule has 1 saturated heterocycles. The number of pyridine rings is 1. The van der Waals surface area contributed by atoms with Crippen molar-refractivity contribution >= 4 is 11.7 Å². The van der Waals surface area contributed by atoms with E-state index in [0.717, 1.165) is 30.0 Å². The van der Waals surface area contributed by atoms with Gasteiger partial charge in [-0.15, -0.1) is 0 Å². The van der Waals surface area contributed by atoms with Gasteiger partial charge >= 0.3 is 0 Å². The van der Waals surface area contributed by atoms with E-state index < -0.39 is 0 Å². The lowest BCUT2D eigenvalue weighted by molar-refractivity contribution is 0.0941. The predicted molar refractivity (Wildman–Crippen MR) is 100 cm³/mol. The van der Waals surface area contributed by atoms with Crippen molar-refractivity contribution in [3.8, 4) is 11.3 Å². The second kappa shape index (κ2) is 8.01. The van der Waals surface area contributed by atoms with Gasteiger partial charge in [0, 0.05) is 43.0 Å². The number of morpholine rings is 1. The molecule has 7 heteroatoms. The smallest absolute Gasteiger partial charge is 0.273 e. The number of ether oxygens (including phenoxy) is 1. The standard InChI is InChI=1S/C20H20N4O3/c25-20(17-13-18(27-23-17)15-5-2-1-3-6-15)22-14-16-7-4-8-21-19(16)24-9-11-26-12-10-24/h1-8,13H,9-12,14H2,(H,22,25). The highest BCUT2D eigenvalue weighted by atomic mass is 16.5. The van der Waals surface area contributed by atoms with Crippen LogP contribution in [0.1, 0.15) is 16.1 Å². The second-order valence-corrected chi connectivity index (χ2v) is 6.21.